The number of aryl methyl sites for hydroxylation is 2. The van der Waals surface area contributed by atoms with Crippen LogP contribution in [0.4, 0.5) is 11.6 Å². The fourth-order valence-corrected chi connectivity index (χ4v) is 4.75. The minimum Gasteiger partial charge on any atom is -0.480 e. The summed E-state index contributed by atoms with van der Waals surface area (Å²) in [6.07, 6.45) is 10.5. The van der Waals surface area contributed by atoms with E-state index in [4.69, 9.17) is 4.98 Å². The molecule has 0 spiro atoms. The largest absolute Gasteiger partial charge is 0.480 e. The number of benzene rings is 1. The topological polar surface area (TPSA) is 100 Å². The molecule has 0 saturated heterocycles. The molecule has 0 aliphatic carbocycles. The lowest BCUT2D eigenvalue weighted by atomic mass is 10.0. The third-order valence-corrected chi connectivity index (χ3v) is 6.74. The van der Waals surface area contributed by atoms with E-state index in [1.165, 1.54) is 18.3 Å². The molecule has 0 radical (unpaired) electrons. The minimum absolute atomic E-state index is 0.556. The molecule has 2 aromatic heterocycles. The van der Waals surface area contributed by atoms with E-state index in [1.54, 1.807) is 0 Å². The van der Waals surface area contributed by atoms with Gasteiger partial charge in [0.2, 0.25) is 0 Å². The summed E-state index contributed by atoms with van der Waals surface area (Å²) >= 11 is 3.49. The van der Waals surface area contributed by atoms with Crippen LogP contribution in [0.25, 0.3) is 10.9 Å². The number of carboxylic acids is 1. The zero-order valence-electron chi connectivity index (χ0n) is 18.7. The van der Waals surface area contributed by atoms with E-state index >= 15 is 0 Å². The van der Waals surface area contributed by atoms with Crippen LogP contribution >= 0.6 is 15.9 Å². The van der Waals surface area contributed by atoms with E-state index in [0.29, 0.717) is 12.2 Å². The van der Waals surface area contributed by atoms with Crippen molar-refractivity contribution < 1.29 is 9.90 Å². The van der Waals surface area contributed by atoms with Gasteiger partial charge in [-0.3, -0.25) is 0 Å². The van der Waals surface area contributed by atoms with Crippen LogP contribution in [0.5, 0.6) is 0 Å². The average Bonchev–Trinajstić information content (AvgIpc) is 2.83. The van der Waals surface area contributed by atoms with Gasteiger partial charge in [-0.15, -0.1) is 0 Å². The van der Waals surface area contributed by atoms with E-state index < -0.39 is 12.0 Å². The summed E-state index contributed by atoms with van der Waals surface area (Å²) in [5, 5.41) is 17.0. The number of nitrogens with zero attached hydrogens (tertiary/aromatic N) is 3. The Morgan fingerprint density at radius 2 is 1.97 bits per heavy atom. The first-order valence-electron chi connectivity index (χ1n) is 11.7. The van der Waals surface area contributed by atoms with Gasteiger partial charge in [-0.2, -0.15) is 0 Å². The number of fused-ring (bicyclic) bond motifs is 2. The number of hydrogen-bond donors (Lipinski definition) is 3. The first-order chi connectivity index (χ1) is 16.1. The Hall–Kier alpha value is -2.74. The number of halogens is 1. The van der Waals surface area contributed by atoms with Gasteiger partial charge in [-0.25, -0.2) is 19.7 Å². The highest BCUT2D eigenvalue weighted by Gasteiger charge is 2.19. The molecule has 3 heterocycles. The van der Waals surface area contributed by atoms with Crippen molar-refractivity contribution in [2.45, 2.75) is 63.8 Å². The SMILES string of the molecule is O=C(O)[C@H](CCCCCCCc1ccc2c(n1)NCCC2)Nc1ncnc2c(Br)cccc12. The molecule has 3 aromatic rings. The highest BCUT2D eigenvalue weighted by molar-refractivity contribution is 9.10. The molecule has 1 aromatic carbocycles. The molecule has 174 valence electrons. The normalized spacial score (nSPS) is 13.8. The van der Waals surface area contributed by atoms with Crippen LogP contribution in [0.3, 0.4) is 0 Å². The van der Waals surface area contributed by atoms with Crippen molar-refractivity contribution in [3.63, 3.8) is 0 Å². The summed E-state index contributed by atoms with van der Waals surface area (Å²) in [5.41, 5.74) is 3.25. The van der Waals surface area contributed by atoms with Gasteiger partial charge >= 0.3 is 5.97 Å². The van der Waals surface area contributed by atoms with Crippen molar-refractivity contribution in [2.75, 3.05) is 17.2 Å². The molecule has 7 nitrogen and oxygen atoms in total. The van der Waals surface area contributed by atoms with Crippen molar-refractivity contribution in [3.05, 3.63) is 52.4 Å². The standard InChI is InChI=1S/C25H30BrN5O2/c26-20-11-6-10-19-22(20)28-16-29-24(19)31-21(25(32)33)12-5-3-1-2-4-9-18-14-13-17-8-7-15-27-23(17)30-18/h6,10-11,13-14,16,21H,1-5,7-9,12,15H2,(H,27,30)(H,32,33)(H,28,29,31)/t21-/m0/s1. The van der Waals surface area contributed by atoms with Crippen LogP contribution in [0.15, 0.2) is 41.1 Å². The molecular weight excluding hydrogens is 482 g/mol. The van der Waals surface area contributed by atoms with E-state index in [9.17, 15) is 9.90 Å². The Balaban J connectivity index is 1.20. The lowest BCUT2D eigenvalue weighted by Crippen LogP contribution is -2.29. The molecule has 1 aliphatic rings. The van der Waals surface area contributed by atoms with Crippen LogP contribution in [0, 0.1) is 0 Å². The van der Waals surface area contributed by atoms with Gasteiger partial charge in [-0.05, 0) is 71.8 Å². The number of carbonyl (C=O) groups is 1. The van der Waals surface area contributed by atoms with E-state index in [1.807, 2.05) is 18.2 Å². The third kappa shape index (κ3) is 6.19. The van der Waals surface area contributed by atoms with E-state index in [0.717, 1.165) is 78.4 Å². The number of aliphatic carboxylic acids is 1. The number of nitrogens with one attached hydrogen (secondary N) is 2. The highest BCUT2D eigenvalue weighted by Crippen LogP contribution is 2.26. The Bertz CT molecular complexity index is 1110. The zero-order chi connectivity index (χ0) is 23.0. The molecule has 1 atom stereocenters. The molecule has 0 saturated carbocycles. The summed E-state index contributed by atoms with van der Waals surface area (Å²) in [4.78, 5) is 25.1. The molecule has 0 amide bonds. The smallest absolute Gasteiger partial charge is 0.326 e. The Labute approximate surface area is 202 Å². The maximum Gasteiger partial charge on any atom is 0.326 e. The van der Waals surface area contributed by atoms with Gasteiger partial charge < -0.3 is 15.7 Å². The monoisotopic (exact) mass is 511 g/mol. The predicted molar refractivity (Wildman–Crippen MR) is 135 cm³/mol. The number of unbranched alkanes of at least 4 members (excludes halogenated alkanes) is 4. The number of carboxylic acid groups (broad SMARTS) is 1. The number of para-hydroxylation sites is 1. The highest BCUT2D eigenvalue weighted by atomic mass is 79.9. The lowest BCUT2D eigenvalue weighted by molar-refractivity contribution is -0.138. The summed E-state index contributed by atoms with van der Waals surface area (Å²) in [6.45, 7) is 1.01. The summed E-state index contributed by atoms with van der Waals surface area (Å²) in [5.74, 6) is 0.763. The maximum absolute atomic E-state index is 11.8. The molecule has 33 heavy (non-hydrogen) atoms. The van der Waals surface area contributed by atoms with E-state index in [2.05, 4.69) is 48.7 Å². The van der Waals surface area contributed by atoms with Gasteiger partial charge in [0, 0.05) is 22.1 Å². The molecule has 0 fully saturated rings. The average molecular weight is 512 g/mol. The maximum atomic E-state index is 11.8. The van der Waals surface area contributed by atoms with Crippen molar-refractivity contribution >= 4 is 44.4 Å². The van der Waals surface area contributed by atoms with Crippen molar-refractivity contribution in [1.82, 2.24) is 15.0 Å². The number of anilines is 2. The predicted octanol–water partition coefficient (Wildman–Crippen LogP) is 5.59. The molecule has 3 N–H and O–H groups in total. The van der Waals surface area contributed by atoms with Crippen LogP contribution in [0.1, 0.15) is 56.2 Å². The van der Waals surface area contributed by atoms with Gasteiger partial charge in [0.25, 0.3) is 0 Å². The van der Waals surface area contributed by atoms with Crippen molar-refractivity contribution in [2.24, 2.45) is 0 Å². The zero-order valence-corrected chi connectivity index (χ0v) is 20.3. The minimum atomic E-state index is -0.858. The van der Waals surface area contributed by atoms with Crippen molar-refractivity contribution in [1.29, 1.82) is 0 Å². The second-order valence-electron chi connectivity index (χ2n) is 8.54. The molecule has 0 bridgehead atoms. The van der Waals surface area contributed by atoms with Crippen molar-refractivity contribution in [3.8, 4) is 0 Å². The summed E-state index contributed by atoms with van der Waals surface area (Å²) < 4.78 is 0.860. The molecule has 0 unspecified atom stereocenters. The quantitative estimate of drug-likeness (QED) is 0.288. The van der Waals surface area contributed by atoms with Crippen LogP contribution < -0.4 is 10.6 Å². The fourth-order valence-electron chi connectivity index (χ4n) is 4.28. The first kappa shape index (κ1) is 23.4. The Morgan fingerprint density at radius 3 is 2.85 bits per heavy atom. The van der Waals surface area contributed by atoms with Crippen LogP contribution in [0.2, 0.25) is 0 Å². The summed E-state index contributed by atoms with van der Waals surface area (Å²) in [7, 11) is 0. The number of pyridine rings is 1. The van der Waals surface area contributed by atoms with Crippen LogP contribution in [-0.4, -0.2) is 38.6 Å². The third-order valence-electron chi connectivity index (χ3n) is 6.10. The number of aromatic nitrogens is 3. The summed E-state index contributed by atoms with van der Waals surface area (Å²) in [6, 6.07) is 9.40. The first-order valence-corrected chi connectivity index (χ1v) is 12.5. The second-order valence-corrected chi connectivity index (χ2v) is 9.39. The second kappa shape index (κ2) is 11.4. The number of rotatable bonds is 11. The molecule has 1 aliphatic heterocycles. The van der Waals surface area contributed by atoms with E-state index in [-0.39, 0.29) is 0 Å². The number of hydrogen-bond acceptors (Lipinski definition) is 6. The van der Waals surface area contributed by atoms with Gasteiger partial charge in [0.15, 0.2) is 0 Å². The lowest BCUT2D eigenvalue weighted by Gasteiger charge is -2.17. The van der Waals surface area contributed by atoms with Gasteiger partial charge in [0.05, 0.1) is 5.52 Å². The Morgan fingerprint density at radius 1 is 1.12 bits per heavy atom. The van der Waals surface area contributed by atoms with Gasteiger partial charge in [-0.1, -0.05) is 37.8 Å². The Kier molecular flexibility index (Phi) is 8.10. The molecule has 4 rings (SSSR count). The molecule has 8 heteroatoms. The van der Waals surface area contributed by atoms with Crippen LogP contribution in [-0.2, 0) is 17.6 Å². The van der Waals surface area contributed by atoms with Gasteiger partial charge in [0.1, 0.15) is 24.0 Å². The molecular formula is C25H30BrN5O2. The fraction of sp³-hybridized carbons (Fsp3) is 0.440.